The Labute approximate surface area is 136 Å². The highest BCUT2D eigenvalue weighted by molar-refractivity contribution is 5.41. The number of alkyl halides is 2. The van der Waals surface area contributed by atoms with E-state index in [-0.39, 0.29) is 11.6 Å². The zero-order valence-corrected chi connectivity index (χ0v) is 14.0. The van der Waals surface area contributed by atoms with Crippen molar-refractivity contribution in [3.63, 3.8) is 0 Å². The van der Waals surface area contributed by atoms with Crippen LogP contribution in [-0.2, 0) is 0 Å². The molecule has 0 fully saturated rings. The lowest BCUT2D eigenvalue weighted by molar-refractivity contribution is 0.146. The van der Waals surface area contributed by atoms with Crippen molar-refractivity contribution in [1.29, 1.82) is 0 Å². The van der Waals surface area contributed by atoms with Gasteiger partial charge in [0.05, 0.1) is 0 Å². The largest absolute Gasteiger partial charge is 0.359 e. The Balaban J connectivity index is 2.11. The van der Waals surface area contributed by atoms with Crippen LogP contribution in [-0.4, -0.2) is 23.6 Å². The lowest BCUT2D eigenvalue weighted by Gasteiger charge is -2.23. The van der Waals surface area contributed by atoms with Gasteiger partial charge in [-0.25, -0.2) is 13.8 Å². The minimum absolute atomic E-state index is 0.102. The Bertz CT molecular complexity index is 588. The maximum absolute atomic E-state index is 12.8. The van der Waals surface area contributed by atoms with E-state index in [0.29, 0.717) is 12.5 Å². The highest BCUT2D eigenvalue weighted by atomic mass is 19.3. The van der Waals surface area contributed by atoms with Crippen molar-refractivity contribution in [3.05, 3.63) is 53.5 Å². The SMILES string of the molecule is CC(C)c1ccnc(N(C)CC(C)c2ccnc(C(F)F)c2)c1. The monoisotopic (exact) mass is 319 g/mol. The number of hydrogen-bond acceptors (Lipinski definition) is 3. The van der Waals surface area contributed by atoms with Crippen molar-refractivity contribution >= 4 is 5.82 Å². The third-order valence-corrected chi connectivity index (χ3v) is 3.97. The van der Waals surface area contributed by atoms with Crippen LogP contribution in [0.3, 0.4) is 0 Å². The molecule has 0 aliphatic rings. The Kier molecular flexibility index (Phi) is 5.64. The van der Waals surface area contributed by atoms with Crippen LogP contribution in [0.2, 0.25) is 0 Å². The summed E-state index contributed by atoms with van der Waals surface area (Å²) >= 11 is 0. The molecule has 1 unspecified atom stereocenters. The quantitative estimate of drug-likeness (QED) is 0.767. The zero-order valence-electron chi connectivity index (χ0n) is 14.0. The molecule has 0 radical (unpaired) electrons. The molecule has 0 aromatic carbocycles. The van der Waals surface area contributed by atoms with Crippen LogP contribution in [0.25, 0.3) is 0 Å². The van der Waals surface area contributed by atoms with Crippen molar-refractivity contribution in [2.75, 3.05) is 18.5 Å². The van der Waals surface area contributed by atoms with Crippen LogP contribution in [0.5, 0.6) is 0 Å². The summed E-state index contributed by atoms with van der Waals surface area (Å²) in [6.45, 7) is 7.00. The molecule has 0 bridgehead atoms. The van der Waals surface area contributed by atoms with Crippen LogP contribution < -0.4 is 4.90 Å². The van der Waals surface area contributed by atoms with Crippen LogP contribution in [0, 0.1) is 0 Å². The number of pyridine rings is 2. The first-order chi connectivity index (χ1) is 10.9. The van der Waals surface area contributed by atoms with Gasteiger partial charge in [0, 0.05) is 26.0 Å². The fourth-order valence-electron chi connectivity index (χ4n) is 2.50. The van der Waals surface area contributed by atoms with Gasteiger partial charge in [-0.05, 0) is 47.2 Å². The number of hydrogen-bond donors (Lipinski definition) is 0. The summed E-state index contributed by atoms with van der Waals surface area (Å²) in [7, 11) is 1.97. The van der Waals surface area contributed by atoms with E-state index < -0.39 is 6.43 Å². The van der Waals surface area contributed by atoms with Gasteiger partial charge >= 0.3 is 0 Å². The lowest BCUT2D eigenvalue weighted by Crippen LogP contribution is -2.24. The first-order valence-electron chi connectivity index (χ1n) is 7.79. The van der Waals surface area contributed by atoms with Crippen molar-refractivity contribution in [2.24, 2.45) is 0 Å². The fourth-order valence-corrected chi connectivity index (χ4v) is 2.50. The van der Waals surface area contributed by atoms with Crippen molar-refractivity contribution in [2.45, 2.75) is 39.0 Å². The lowest BCUT2D eigenvalue weighted by atomic mass is 10.0. The molecule has 0 saturated heterocycles. The third-order valence-electron chi connectivity index (χ3n) is 3.97. The minimum atomic E-state index is -2.54. The van der Waals surface area contributed by atoms with Crippen LogP contribution in [0.1, 0.15) is 55.9 Å². The van der Waals surface area contributed by atoms with Gasteiger partial charge in [0.1, 0.15) is 11.5 Å². The van der Waals surface area contributed by atoms with Gasteiger partial charge in [0.2, 0.25) is 0 Å². The maximum atomic E-state index is 12.8. The summed E-state index contributed by atoms with van der Waals surface area (Å²) in [5, 5.41) is 0. The predicted octanol–water partition coefficient (Wildman–Crippen LogP) is 4.78. The standard InChI is InChI=1S/C18H23F2N3/c1-12(2)14-5-8-22-17(10-14)23(4)11-13(3)15-6-7-21-16(9-15)18(19)20/h5-10,12-13,18H,11H2,1-4H3. The average molecular weight is 319 g/mol. The van der Waals surface area contributed by atoms with Gasteiger partial charge in [-0.2, -0.15) is 0 Å². The zero-order chi connectivity index (χ0) is 17.0. The topological polar surface area (TPSA) is 29.0 Å². The van der Waals surface area contributed by atoms with E-state index >= 15 is 0 Å². The molecule has 2 aromatic heterocycles. The summed E-state index contributed by atoms with van der Waals surface area (Å²) in [5.41, 5.74) is 1.93. The van der Waals surface area contributed by atoms with E-state index in [2.05, 4.69) is 34.8 Å². The van der Waals surface area contributed by atoms with Crippen molar-refractivity contribution in [1.82, 2.24) is 9.97 Å². The molecule has 124 valence electrons. The molecule has 0 aliphatic carbocycles. The maximum Gasteiger partial charge on any atom is 0.280 e. The highest BCUT2D eigenvalue weighted by Gasteiger charge is 2.15. The summed E-state index contributed by atoms with van der Waals surface area (Å²) < 4.78 is 25.6. The molecule has 0 saturated carbocycles. The molecule has 1 atom stereocenters. The Morgan fingerprint density at radius 2 is 1.65 bits per heavy atom. The summed E-state index contributed by atoms with van der Waals surface area (Å²) in [4.78, 5) is 10.2. The Morgan fingerprint density at radius 3 is 2.30 bits per heavy atom. The van der Waals surface area contributed by atoms with E-state index in [1.54, 1.807) is 6.07 Å². The number of rotatable bonds is 6. The first-order valence-corrected chi connectivity index (χ1v) is 7.79. The van der Waals surface area contributed by atoms with Gasteiger partial charge in [0.25, 0.3) is 6.43 Å². The minimum Gasteiger partial charge on any atom is -0.359 e. The number of halogens is 2. The van der Waals surface area contributed by atoms with Crippen LogP contribution in [0.4, 0.5) is 14.6 Å². The number of nitrogens with zero attached hydrogens (tertiary/aromatic N) is 3. The van der Waals surface area contributed by atoms with Crippen molar-refractivity contribution < 1.29 is 8.78 Å². The third kappa shape index (κ3) is 4.47. The average Bonchev–Trinajstić information content (AvgIpc) is 2.54. The molecule has 0 N–H and O–H groups in total. The fraction of sp³-hybridized carbons (Fsp3) is 0.444. The molecular formula is C18H23F2N3. The van der Waals surface area contributed by atoms with Crippen molar-refractivity contribution in [3.8, 4) is 0 Å². The number of anilines is 1. The molecule has 0 amide bonds. The molecule has 23 heavy (non-hydrogen) atoms. The molecule has 2 aromatic rings. The first kappa shape index (κ1) is 17.3. The van der Waals surface area contributed by atoms with E-state index in [4.69, 9.17) is 0 Å². The Morgan fingerprint density at radius 1 is 1.00 bits per heavy atom. The van der Waals surface area contributed by atoms with E-state index in [0.717, 1.165) is 11.4 Å². The molecule has 3 nitrogen and oxygen atoms in total. The summed E-state index contributed by atoms with van der Waals surface area (Å²) in [6, 6.07) is 7.38. The molecule has 2 rings (SSSR count). The van der Waals surface area contributed by atoms with Crippen LogP contribution >= 0.6 is 0 Å². The second-order valence-electron chi connectivity index (χ2n) is 6.20. The molecular weight excluding hydrogens is 296 g/mol. The molecule has 5 heteroatoms. The van der Waals surface area contributed by atoms with E-state index in [9.17, 15) is 8.78 Å². The number of aromatic nitrogens is 2. The molecule has 0 aliphatic heterocycles. The van der Waals surface area contributed by atoms with E-state index in [1.807, 2.05) is 26.2 Å². The van der Waals surface area contributed by atoms with Crippen LogP contribution in [0.15, 0.2) is 36.7 Å². The smallest absolute Gasteiger partial charge is 0.280 e. The Hall–Kier alpha value is -2.04. The summed E-state index contributed by atoms with van der Waals surface area (Å²) in [6.07, 6.45) is 0.724. The normalized spacial score (nSPS) is 12.7. The van der Waals surface area contributed by atoms with Gasteiger partial charge in [0.15, 0.2) is 0 Å². The number of likely N-dealkylation sites (N-methyl/N-ethyl adjacent to an activating group) is 1. The highest BCUT2D eigenvalue weighted by Crippen LogP contribution is 2.24. The van der Waals surface area contributed by atoms with E-state index in [1.165, 1.54) is 17.8 Å². The molecule has 0 spiro atoms. The predicted molar refractivity (Wildman–Crippen MR) is 89.2 cm³/mol. The van der Waals surface area contributed by atoms with Gasteiger partial charge in [-0.1, -0.05) is 20.8 Å². The van der Waals surface area contributed by atoms with Gasteiger partial charge in [-0.15, -0.1) is 0 Å². The second-order valence-corrected chi connectivity index (χ2v) is 6.20. The van der Waals surface area contributed by atoms with Gasteiger partial charge < -0.3 is 4.90 Å². The second kappa shape index (κ2) is 7.49. The molecule has 2 heterocycles. The summed E-state index contributed by atoms with van der Waals surface area (Å²) in [5.74, 6) is 1.44. The van der Waals surface area contributed by atoms with Gasteiger partial charge in [-0.3, -0.25) is 4.98 Å².